The second-order valence-electron chi connectivity index (χ2n) is 5.12. The van der Waals surface area contributed by atoms with Crippen molar-refractivity contribution in [1.29, 1.82) is 0 Å². The predicted octanol–water partition coefficient (Wildman–Crippen LogP) is 3.17. The number of nitrogens with one attached hydrogen (secondary N) is 2. The topological polar surface area (TPSA) is 67.2 Å². The van der Waals surface area contributed by atoms with Crippen LogP contribution in [0.5, 0.6) is 0 Å². The summed E-state index contributed by atoms with van der Waals surface area (Å²) < 4.78 is 37.9. The molecule has 0 radical (unpaired) electrons. The molecule has 1 aromatic carbocycles. The first kappa shape index (κ1) is 15.6. The van der Waals surface area contributed by atoms with Crippen LogP contribution in [0, 0.1) is 10.1 Å². The summed E-state index contributed by atoms with van der Waals surface area (Å²) in [4.78, 5) is 10.2. The lowest BCUT2D eigenvalue weighted by Gasteiger charge is -2.31. The minimum absolute atomic E-state index is 0.0470. The first-order valence-corrected chi connectivity index (χ1v) is 6.64. The summed E-state index contributed by atoms with van der Waals surface area (Å²) in [5.41, 5.74) is -1.45. The zero-order valence-electron chi connectivity index (χ0n) is 11.4. The molecule has 2 N–H and O–H groups in total. The molecule has 1 aromatic rings. The molecule has 0 aromatic heterocycles. The van der Waals surface area contributed by atoms with Crippen molar-refractivity contribution in [3.05, 3.63) is 33.9 Å². The quantitative estimate of drug-likeness (QED) is 0.665. The molecular weight excluding hydrogens is 287 g/mol. The normalized spacial score (nSPS) is 22.9. The van der Waals surface area contributed by atoms with Crippen LogP contribution in [0.3, 0.4) is 0 Å². The van der Waals surface area contributed by atoms with Crippen LogP contribution < -0.4 is 10.6 Å². The fraction of sp³-hybridized carbons (Fsp3) is 0.538. The van der Waals surface area contributed by atoms with Crippen LogP contribution in [0.4, 0.5) is 24.5 Å². The maximum absolute atomic E-state index is 12.6. The molecule has 2 unspecified atom stereocenters. The molecule has 2 atom stereocenters. The Labute approximate surface area is 119 Å². The van der Waals surface area contributed by atoms with Gasteiger partial charge < -0.3 is 10.6 Å². The largest absolute Gasteiger partial charge is 0.416 e. The van der Waals surface area contributed by atoms with Crippen molar-refractivity contribution in [3.8, 4) is 0 Å². The SMILES string of the molecule is CC1NCCCC1Nc1ccc(C(F)(F)F)cc1[N+](=O)[O-]. The monoisotopic (exact) mass is 303 g/mol. The molecule has 0 saturated carbocycles. The summed E-state index contributed by atoms with van der Waals surface area (Å²) in [5, 5.41) is 17.2. The molecule has 1 fully saturated rings. The molecule has 0 spiro atoms. The Morgan fingerprint density at radius 3 is 2.71 bits per heavy atom. The van der Waals surface area contributed by atoms with E-state index >= 15 is 0 Å². The van der Waals surface area contributed by atoms with Gasteiger partial charge in [0.1, 0.15) is 5.69 Å². The van der Waals surface area contributed by atoms with E-state index < -0.39 is 22.4 Å². The van der Waals surface area contributed by atoms with Gasteiger partial charge in [0, 0.05) is 18.2 Å². The molecule has 116 valence electrons. The Balaban J connectivity index is 2.28. The fourth-order valence-corrected chi connectivity index (χ4v) is 2.42. The Morgan fingerprint density at radius 1 is 1.43 bits per heavy atom. The van der Waals surface area contributed by atoms with Crippen molar-refractivity contribution in [1.82, 2.24) is 5.32 Å². The minimum atomic E-state index is -4.59. The molecule has 21 heavy (non-hydrogen) atoms. The van der Waals surface area contributed by atoms with Crippen molar-refractivity contribution in [3.63, 3.8) is 0 Å². The fourth-order valence-electron chi connectivity index (χ4n) is 2.42. The van der Waals surface area contributed by atoms with Gasteiger partial charge in [-0.15, -0.1) is 0 Å². The lowest BCUT2D eigenvalue weighted by molar-refractivity contribution is -0.384. The van der Waals surface area contributed by atoms with Gasteiger partial charge in [-0.05, 0) is 38.4 Å². The summed E-state index contributed by atoms with van der Waals surface area (Å²) in [5.74, 6) is 0. The van der Waals surface area contributed by atoms with Crippen LogP contribution in [0.15, 0.2) is 18.2 Å². The molecule has 1 aliphatic heterocycles. The number of halogens is 3. The number of hydrogen-bond donors (Lipinski definition) is 2. The first-order chi connectivity index (χ1) is 9.79. The highest BCUT2D eigenvalue weighted by atomic mass is 19.4. The van der Waals surface area contributed by atoms with E-state index in [1.807, 2.05) is 6.92 Å². The van der Waals surface area contributed by atoms with E-state index in [1.54, 1.807) is 0 Å². The number of alkyl halides is 3. The van der Waals surface area contributed by atoms with Gasteiger partial charge in [0.2, 0.25) is 0 Å². The van der Waals surface area contributed by atoms with Gasteiger partial charge in [-0.25, -0.2) is 0 Å². The minimum Gasteiger partial charge on any atom is -0.375 e. The molecule has 0 bridgehead atoms. The average Bonchev–Trinajstić information content (AvgIpc) is 2.40. The summed E-state index contributed by atoms with van der Waals surface area (Å²) in [7, 11) is 0. The molecule has 1 heterocycles. The van der Waals surface area contributed by atoms with Crippen LogP contribution in [0.2, 0.25) is 0 Å². The highest BCUT2D eigenvalue weighted by Gasteiger charge is 2.33. The summed E-state index contributed by atoms with van der Waals surface area (Å²) in [6.07, 6.45) is -2.87. The van der Waals surface area contributed by atoms with Crippen LogP contribution in [0.25, 0.3) is 0 Å². The number of anilines is 1. The van der Waals surface area contributed by atoms with Crippen LogP contribution in [-0.4, -0.2) is 23.6 Å². The second kappa shape index (κ2) is 5.88. The molecule has 5 nitrogen and oxygen atoms in total. The summed E-state index contributed by atoms with van der Waals surface area (Å²) >= 11 is 0. The van der Waals surface area contributed by atoms with Gasteiger partial charge in [0.15, 0.2) is 0 Å². The highest BCUT2D eigenvalue weighted by Crippen LogP contribution is 2.35. The Morgan fingerprint density at radius 2 is 2.14 bits per heavy atom. The molecule has 0 aliphatic carbocycles. The van der Waals surface area contributed by atoms with Crippen molar-refractivity contribution < 1.29 is 18.1 Å². The number of nitro benzene ring substituents is 1. The average molecular weight is 303 g/mol. The van der Waals surface area contributed by atoms with Crippen molar-refractivity contribution in [2.45, 2.75) is 38.0 Å². The van der Waals surface area contributed by atoms with Gasteiger partial charge in [-0.1, -0.05) is 0 Å². The number of hydrogen-bond acceptors (Lipinski definition) is 4. The van der Waals surface area contributed by atoms with Gasteiger partial charge in [-0.2, -0.15) is 13.2 Å². The van der Waals surface area contributed by atoms with E-state index in [9.17, 15) is 23.3 Å². The zero-order chi connectivity index (χ0) is 15.6. The van der Waals surface area contributed by atoms with Crippen molar-refractivity contribution in [2.75, 3.05) is 11.9 Å². The van der Waals surface area contributed by atoms with E-state index in [-0.39, 0.29) is 17.8 Å². The van der Waals surface area contributed by atoms with E-state index in [0.29, 0.717) is 6.07 Å². The Kier molecular flexibility index (Phi) is 4.36. The molecular formula is C13H16F3N3O2. The van der Waals surface area contributed by atoms with Crippen LogP contribution >= 0.6 is 0 Å². The molecule has 1 saturated heterocycles. The number of benzene rings is 1. The van der Waals surface area contributed by atoms with Crippen LogP contribution in [0.1, 0.15) is 25.3 Å². The van der Waals surface area contributed by atoms with Gasteiger partial charge in [-0.3, -0.25) is 10.1 Å². The van der Waals surface area contributed by atoms with E-state index in [4.69, 9.17) is 0 Å². The number of rotatable bonds is 3. The first-order valence-electron chi connectivity index (χ1n) is 6.64. The van der Waals surface area contributed by atoms with E-state index in [2.05, 4.69) is 10.6 Å². The smallest absolute Gasteiger partial charge is 0.375 e. The summed E-state index contributed by atoms with van der Waals surface area (Å²) in [6.45, 7) is 2.81. The molecule has 8 heteroatoms. The maximum Gasteiger partial charge on any atom is 0.416 e. The van der Waals surface area contributed by atoms with E-state index in [1.165, 1.54) is 0 Å². The van der Waals surface area contributed by atoms with Gasteiger partial charge >= 0.3 is 6.18 Å². The lowest BCUT2D eigenvalue weighted by atomic mass is 9.99. The maximum atomic E-state index is 12.6. The van der Waals surface area contributed by atoms with Crippen molar-refractivity contribution >= 4 is 11.4 Å². The number of nitrogens with zero attached hydrogens (tertiary/aromatic N) is 1. The predicted molar refractivity (Wildman–Crippen MR) is 72.2 cm³/mol. The molecule has 1 aliphatic rings. The third-order valence-electron chi connectivity index (χ3n) is 3.62. The van der Waals surface area contributed by atoms with Gasteiger partial charge in [0.25, 0.3) is 5.69 Å². The molecule has 2 rings (SSSR count). The Hall–Kier alpha value is -1.83. The third kappa shape index (κ3) is 3.63. The van der Waals surface area contributed by atoms with Crippen LogP contribution in [-0.2, 0) is 6.18 Å². The lowest BCUT2D eigenvalue weighted by Crippen LogP contribution is -2.46. The second-order valence-corrected chi connectivity index (χ2v) is 5.12. The summed E-state index contributed by atoms with van der Waals surface area (Å²) in [6, 6.07) is 2.61. The third-order valence-corrected chi connectivity index (χ3v) is 3.62. The highest BCUT2D eigenvalue weighted by molar-refractivity contribution is 5.63. The standard InChI is InChI=1S/C13H16F3N3O2/c1-8-10(3-2-6-17-8)18-11-5-4-9(13(14,15)16)7-12(11)19(20)21/h4-5,7-8,10,17-18H,2-3,6H2,1H3. The zero-order valence-corrected chi connectivity index (χ0v) is 11.4. The van der Waals surface area contributed by atoms with E-state index in [0.717, 1.165) is 31.5 Å². The molecule has 0 amide bonds. The Bertz CT molecular complexity index is 534. The van der Waals surface area contributed by atoms with Crippen molar-refractivity contribution in [2.24, 2.45) is 0 Å². The number of piperidine rings is 1. The number of nitro groups is 1. The van der Waals surface area contributed by atoms with Gasteiger partial charge in [0.05, 0.1) is 10.5 Å².